The third-order valence-electron chi connectivity index (χ3n) is 5.05. The fourth-order valence-electron chi connectivity index (χ4n) is 3.30. The van der Waals surface area contributed by atoms with Crippen molar-refractivity contribution in [2.24, 2.45) is 5.92 Å². The number of amides is 1. The molecule has 0 spiro atoms. The molecular formula is C22H28FN3O3S. The van der Waals surface area contributed by atoms with Crippen LogP contribution in [-0.4, -0.2) is 39.3 Å². The molecule has 30 heavy (non-hydrogen) atoms. The Hall–Kier alpha value is -2.45. The molecule has 0 heterocycles. The van der Waals surface area contributed by atoms with Gasteiger partial charge in [-0.15, -0.1) is 0 Å². The number of hydrogen-bond donors (Lipinski definition) is 1. The second-order valence-corrected chi connectivity index (χ2v) is 9.73. The number of carbonyl (C=O) groups excluding carboxylic acids is 1. The number of nitrogens with zero attached hydrogens (tertiary/aromatic N) is 2. The van der Waals surface area contributed by atoms with Gasteiger partial charge in [0.15, 0.2) is 0 Å². The van der Waals surface area contributed by atoms with Crippen LogP contribution in [0, 0.1) is 11.7 Å². The quantitative estimate of drug-likeness (QED) is 0.652. The summed E-state index contributed by atoms with van der Waals surface area (Å²) in [6, 6.07) is 10.4. The summed E-state index contributed by atoms with van der Waals surface area (Å²) < 4.78 is 41.1. The van der Waals surface area contributed by atoms with E-state index in [9.17, 15) is 17.6 Å². The van der Waals surface area contributed by atoms with Crippen LogP contribution in [0.2, 0.25) is 0 Å². The highest BCUT2D eigenvalue weighted by molar-refractivity contribution is 7.89. The van der Waals surface area contributed by atoms with E-state index in [0.29, 0.717) is 18.7 Å². The van der Waals surface area contributed by atoms with E-state index in [2.05, 4.69) is 5.32 Å². The van der Waals surface area contributed by atoms with Gasteiger partial charge in [-0.2, -0.15) is 4.31 Å². The zero-order valence-corrected chi connectivity index (χ0v) is 18.4. The molecule has 0 atom stereocenters. The van der Waals surface area contributed by atoms with Gasteiger partial charge in [0.2, 0.25) is 15.9 Å². The summed E-state index contributed by atoms with van der Waals surface area (Å²) in [5.74, 6) is -0.398. The number of nitrogens with one attached hydrogen (secondary N) is 1. The molecule has 8 heteroatoms. The number of carbonyl (C=O) groups is 1. The minimum absolute atomic E-state index is 0.00269. The summed E-state index contributed by atoms with van der Waals surface area (Å²) in [4.78, 5) is 14.1. The molecule has 3 rings (SSSR count). The Morgan fingerprint density at radius 3 is 2.37 bits per heavy atom. The lowest BCUT2D eigenvalue weighted by Gasteiger charge is -2.25. The van der Waals surface area contributed by atoms with Gasteiger partial charge in [-0.3, -0.25) is 4.79 Å². The second kappa shape index (κ2) is 9.14. The predicted molar refractivity (Wildman–Crippen MR) is 116 cm³/mol. The minimum Gasteiger partial charge on any atom is -0.377 e. The lowest BCUT2D eigenvalue weighted by Crippen LogP contribution is -2.32. The van der Waals surface area contributed by atoms with E-state index in [1.54, 1.807) is 0 Å². The van der Waals surface area contributed by atoms with E-state index in [4.69, 9.17) is 0 Å². The van der Waals surface area contributed by atoms with Gasteiger partial charge in [0.25, 0.3) is 0 Å². The van der Waals surface area contributed by atoms with E-state index in [1.165, 1.54) is 16.4 Å². The van der Waals surface area contributed by atoms with Crippen LogP contribution in [0.5, 0.6) is 0 Å². The predicted octanol–water partition coefficient (Wildman–Crippen LogP) is 3.84. The van der Waals surface area contributed by atoms with Crippen molar-refractivity contribution in [3.63, 3.8) is 0 Å². The molecule has 0 saturated heterocycles. The van der Waals surface area contributed by atoms with Gasteiger partial charge in [-0.1, -0.05) is 6.92 Å². The summed E-state index contributed by atoms with van der Waals surface area (Å²) in [5, 5.41) is 2.93. The lowest BCUT2D eigenvalue weighted by molar-refractivity contribution is -0.117. The molecule has 1 aliphatic rings. The Kier molecular flexibility index (Phi) is 6.77. The van der Waals surface area contributed by atoms with Crippen LogP contribution >= 0.6 is 0 Å². The first-order valence-electron chi connectivity index (χ1n) is 10.1. The van der Waals surface area contributed by atoms with Crippen molar-refractivity contribution >= 4 is 27.3 Å². The summed E-state index contributed by atoms with van der Waals surface area (Å²) in [5.41, 5.74) is 2.31. The van der Waals surface area contributed by atoms with Crippen LogP contribution in [-0.2, 0) is 21.4 Å². The highest BCUT2D eigenvalue weighted by Gasteiger charge is 2.30. The first kappa shape index (κ1) is 22.2. The molecule has 1 saturated carbocycles. The molecule has 1 amide bonds. The van der Waals surface area contributed by atoms with Crippen LogP contribution in [0.15, 0.2) is 47.4 Å². The average molecular weight is 434 g/mol. The van der Waals surface area contributed by atoms with Crippen LogP contribution in [0.3, 0.4) is 0 Å². The highest BCUT2D eigenvalue weighted by atomic mass is 32.2. The van der Waals surface area contributed by atoms with Crippen molar-refractivity contribution in [3.8, 4) is 0 Å². The van der Waals surface area contributed by atoms with Crippen LogP contribution in [0.25, 0.3) is 0 Å². The molecule has 0 bridgehead atoms. The molecule has 2 aromatic carbocycles. The molecule has 6 nitrogen and oxygen atoms in total. The minimum atomic E-state index is -3.80. The zero-order valence-electron chi connectivity index (χ0n) is 17.6. The number of sulfonamides is 1. The molecule has 0 aliphatic heterocycles. The van der Waals surface area contributed by atoms with E-state index in [1.807, 2.05) is 44.1 Å². The fraction of sp³-hybridized carbons (Fsp3) is 0.409. The number of anilines is 2. The van der Waals surface area contributed by atoms with Crippen LogP contribution in [0.1, 0.15) is 31.7 Å². The van der Waals surface area contributed by atoms with E-state index >= 15 is 0 Å². The molecule has 1 aliphatic carbocycles. The van der Waals surface area contributed by atoms with Crippen molar-refractivity contribution in [2.45, 2.75) is 37.6 Å². The molecule has 0 aromatic heterocycles. The highest BCUT2D eigenvalue weighted by Crippen LogP contribution is 2.32. The fourth-order valence-corrected chi connectivity index (χ4v) is 4.81. The Morgan fingerprint density at radius 2 is 1.80 bits per heavy atom. The van der Waals surface area contributed by atoms with E-state index < -0.39 is 15.8 Å². The third kappa shape index (κ3) is 5.17. The van der Waals surface area contributed by atoms with Gasteiger partial charge in [-0.25, -0.2) is 12.8 Å². The van der Waals surface area contributed by atoms with Crippen molar-refractivity contribution in [3.05, 3.63) is 53.8 Å². The maximum absolute atomic E-state index is 13.3. The number of rotatable bonds is 9. The maximum Gasteiger partial charge on any atom is 0.243 e. The van der Waals surface area contributed by atoms with E-state index in [0.717, 1.165) is 36.2 Å². The van der Waals surface area contributed by atoms with Gasteiger partial charge in [-0.05, 0) is 67.3 Å². The molecule has 1 N–H and O–H groups in total. The first-order valence-corrected chi connectivity index (χ1v) is 11.5. The molecule has 1 fully saturated rings. The normalized spacial score (nSPS) is 14.0. The average Bonchev–Trinajstić information content (AvgIpc) is 3.53. The molecule has 162 valence electrons. The van der Waals surface area contributed by atoms with E-state index in [-0.39, 0.29) is 23.3 Å². The van der Waals surface area contributed by atoms with Crippen molar-refractivity contribution in [1.29, 1.82) is 0 Å². The van der Waals surface area contributed by atoms with Crippen molar-refractivity contribution in [1.82, 2.24) is 4.31 Å². The van der Waals surface area contributed by atoms with Gasteiger partial charge in [0.05, 0.1) is 4.90 Å². The Bertz CT molecular complexity index is 1000. The second-order valence-electron chi connectivity index (χ2n) is 7.79. The summed E-state index contributed by atoms with van der Waals surface area (Å²) in [6.45, 7) is 2.38. The summed E-state index contributed by atoms with van der Waals surface area (Å²) in [6.07, 6.45) is 2.46. The van der Waals surface area contributed by atoms with Crippen molar-refractivity contribution in [2.75, 3.05) is 30.9 Å². The van der Waals surface area contributed by atoms with Gasteiger partial charge in [0, 0.05) is 44.5 Å². The Balaban J connectivity index is 1.92. The summed E-state index contributed by atoms with van der Waals surface area (Å²) in [7, 11) is -0.0216. The maximum atomic E-state index is 13.3. The van der Waals surface area contributed by atoms with Gasteiger partial charge in [0.1, 0.15) is 5.82 Å². The van der Waals surface area contributed by atoms with Gasteiger partial charge >= 0.3 is 0 Å². The number of hydrogen-bond acceptors (Lipinski definition) is 4. The van der Waals surface area contributed by atoms with Crippen molar-refractivity contribution < 1.29 is 17.6 Å². The van der Waals surface area contributed by atoms with Crippen LogP contribution < -0.4 is 10.2 Å². The molecule has 0 radical (unpaired) electrons. The monoisotopic (exact) mass is 433 g/mol. The topological polar surface area (TPSA) is 69.7 Å². The van der Waals surface area contributed by atoms with Crippen LogP contribution in [0.4, 0.5) is 15.8 Å². The molecule has 2 aromatic rings. The standard InChI is InChI=1S/C22H28FN3O3S/c1-4-13-26(30(28,29)20-10-7-18(23)8-11-20)15-17-14-19(9-12-21(17)25(2)3)24-22(27)16-5-6-16/h7-12,14,16H,4-6,13,15H2,1-3H3,(H,24,27). The first-order chi connectivity index (χ1) is 14.2. The number of halogens is 1. The third-order valence-corrected chi connectivity index (χ3v) is 6.91. The molecular weight excluding hydrogens is 405 g/mol. The smallest absolute Gasteiger partial charge is 0.243 e. The summed E-state index contributed by atoms with van der Waals surface area (Å²) >= 11 is 0. The SMILES string of the molecule is CCCN(Cc1cc(NC(=O)C2CC2)ccc1N(C)C)S(=O)(=O)c1ccc(F)cc1. The Labute approximate surface area is 177 Å². The largest absolute Gasteiger partial charge is 0.377 e. The number of benzene rings is 2. The van der Waals surface area contributed by atoms with Gasteiger partial charge < -0.3 is 10.2 Å². The molecule has 0 unspecified atom stereocenters. The lowest BCUT2D eigenvalue weighted by atomic mass is 10.1. The zero-order chi connectivity index (χ0) is 21.9. The Morgan fingerprint density at radius 1 is 1.13 bits per heavy atom.